The first kappa shape index (κ1) is 13.2. The third kappa shape index (κ3) is 2.21. The van der Waals surface area contributed by atoms with Crippen LogP contribution in [0.4, 0.5) is 0 Å². The third-order valence-electron chi connectivity index (χ3n) is 4.02. The normalized spacial score (nSPS) is 13.6. The lowest BCUT2D eigenvalue weighted by molar-refractivity contribution is 1.20. The molecule has 0 spiro atoms. The van der Waals surface area contributed by atoms with Gasteiger partial charge in [0.05, 0.1) is 0 Å². The Hall–Kier alpha value is -1.79. The lowest BCUT2D eigenvalue weighted by Crippen LogP contribution is -1.87. The molecule has 0 aromatic heterocycles. The zero-order valence-corrected chi connectivity index (χ0v) is 12.6. The molecule has 0 amide bonds. The van der Waals surface area contributed by atoms with Crippen molar-refractivity contribution in [3.8, 4) is 11.1 Å². The van der Waals surface area contributed by atoms with E-state index in [0.717, 1.165) is 11.4 Å². The van der Waals surface area contributed by atoms with Gasteiger partial charge in [-0.15, -0.1) is 0 Å². The standard InChI is InChI=1S/C19H17Cl/c1-12(2)19-11-16-10-15(6-9-18(16)13(19)3)14-4-7-17(20)8-5-14/h4-10H,1,11H2,2-3H3. The molecule has 0 fully saturated rings. The van der Waals surface area contributed by atoms with Gasteiger partial charge in [0, 0.05) is 5.02 Å². The average molecular weight is 281 g/mol. The van der Waals surface area contributed by atoms with Gasteiger partial charge in [0.1, 0.15) is 0 Å². The van der Waals surface area contributed by atoms with Gasteiger partial charge in [-0.25, -0.2) is 0 Å². The monoisotopic (exact) mass is 280 g/mol. The molecular weight excluding hydrogens is 264 g/mol. The van der Waals surface area contributed by atoms with Crippen molar-refractivity contribution in [2.24, 2.45) is 0 Å². The molecule has 0 nitrogen and oxygen atoms in total. The number of hydrogen-bond acceptors (Lipinski definition) is 0. The Labute approximate surface area is 125 Å². The van der Waals surface area contributed by atoms with Crippen molar-refractivity contribution in [1.82, 2.24) is 0 Å². The van der Waals surface area contributed by atoms with E-state index < -0.39 is 0 Å². The summed E-state index contributed by atoms with van der Waals surface area (Å²) in [5.41, 5.74) is 9.14. The molecule has 0 saturated carbocycles. The van der Waals surface area contributed by atoms with Crippen molar-refractivity contribution in [2.45, 2.75) is 20.3 Å². The van der Waals surface area contributed by atoms with Crippen LogP contribution < -0.4 is 0 Å². The van der Waals surface area contributed by atoms with Gasteiger partial charge in [0.25, 0.3) is 0 Å². The maximum atomic E-state index is 5.95. The minimum atomic E-state index is 0.775. The molecule has 1 heteroatoms. The molecule has 0 N–H and O–H groups in total. The van der Waals surface area contributed by atoms with Crippen LogP contribution in [0.2, 0.25) is 5.02 Å². The second kappa shape index (κ2) is 4.96. The first-order chi connectivity index (χ1) is 9.56. The Bertz CT molecular complexity index is 718. The van der Waals surface area contributed by atoms with E-state index in [9.17, 15) is 0 Å². The summed E-state index contributed by atoms with van der Waals surface area (Å²) in [4.78, 5) is 0. The number of hydrogen-bond donors (Lipinski definition) is 0. The lowest BCUT2D eigenvalue weighted by Gasteiger charge is -2.06. The highest BCUT2D eigenvalue weighted by Crippen LogP contribution is 2.37. The highest BCUT2D eigenvalue weighted by molar-refractivity contribution is 6.30. The summed E-state index contributed by atoms with van der Waals surface area (Å²) < 4.78 is 0. The average Bonchev–Trinajstić information content (AvgIpc) is 2.77. The molecule has 0 saturated heterocycles. The second-order valence-electron chi connectivity index (χ2n) is 5.44. The van der Waals surface area contributed by atoms with Crippen molar-refractivity contribution in [3.05, 3.63) is 76.3 Å². The van der Waals surface area contributed by atoms with Crippen LogP contribution in [0.5, 0.6) is 0 Å². The highest BCUT2D eigenvalue weighted by Gasteiger charge is 2.19. The largest absolute Gasteiger partial charge is 0.0958 e. The smallest absolute Gasteiger partial charge is 0.0406 e. The van der Waals surface area contributed by atoms with Crippen molar-refractivity contribution in [3.63, 3.8) is 0 Å². The molecule has 0 unspecified atom stereocenters. The van der Waals surface area contributed by atoms with Crippen LogP contribution in [0.3, 0.4) is 0 Å². The van der Waals surface area contributed by atoms with Gasteiger partial charge in [-0.1, -0.05) is 54.1 Å². The Morgan fingerprint density at radius 1 is 1.05 bits per heavy atom. The summed E-state index contributed by atoms with van der Waals surface area (Å²) >= 11 is 5.95. The van der Waals surface area contributed by atoms with E-state index in [2.05, 4.69) is 50.8 Å². The van der Waals surface area contributed by atoms with Crippen LogP contribution in [0.15, 0.2) is 60.2 Å². The van der Waals surface area contributed by atoms with E-state index in [1.54, 1.807) is 0 Å². The van der Waals surface area contributed by atoms with Gasteiger partial charge in [-0.3, -0.25) is 0 Å². The Kier molecular flexibility index (Phi) is 3.27. The first-order valence-corrected chi connectivity index (χ1v) is 7.19. The number of rotatable bonds is 2. The summed E-state index contributed by atoms with van der Waals surface area (Å²) in [5.74, 6) is 0. The summed E-state index contributed by atoms with van der Waals surface area (Å²) in [6.45, 7) is 8.37. The van der Waals surface area contributed by atoms with Gasteiger partial charge >= 0.3 is 0 Å². The fourth-order valence-electron chi connectivity index (χ4n) is 2.88. The van der Waals surface area contributed by atoms with E-state index in [0.29, 0.717) is 0 Å². The zero-order valence-electron chi connectivity index (χ0n) is 11.8. The summed E-state index contributed by atoms with van der Waals surface area (Å²) in [5, 5.41) is 0.775. The first-order valence-electron chi connectivity index (χ1n) is 6.81. The van der Waals surface area contributed by atoms with Gasteiger partial charge in [-0.2, -0.15) is 0 Å². The summed E-state index contributed by atoms with van der Waals surface area (Å²) in [6, 6.07) is 14.7. The second-order valence-corrected chi connectivity index (χ2v) is 5.88. The predicted octanol–water partition coefficient (Wildman–Crippen LogP) is 5.91. The molecular formula is C19H17Cl. The maximum absolute atomic E-state index is 5.95. The molecule has 0 radical (unpaired) electrons. The van der Waals surface area contributed by atoms with Crippen LogP contribution in [-0.2, 0) is 6.42 Å². The fourth-order valence-corrected chi connectivity index (χ4v) is 3.01. The Balaban J connectivity index is 2.01. The minimum absolute atomic E-state index is 0.775. The quantitative estimate of drug-likeness (QED) is 0.641. The van der Waals surface area contributed by atoms with Crippen molar-refractivity contribution >= 4 is 17.2 Å². The van der Waals surface area contributed by atoms with Crippen LogP contribution in [0.25, 0.3) is 16.7 Å². The molecule has 0 atom stereocenters. The maximum Gasteiger partial charge on any atom is 0.0406 e. The SMILES string of the molecule is C=C(C)C1=C(C)c2ccc(-c3ccc(Cl)cc3)cc2C1. The van der Waals surface area contributed by atoms with E-state index in [1.165, 1.54) is 39.0 Å². The molecule has 3 rings (SSSR count). The number of halogens is 1. The van der Waals surface area contributed by atoms with E-state index in [4.69, 9.17) is 11.6 Å². The number of fused-ring (bicyclic) bond motifs is 1. The molecule has 0 heterocycles. The molecule has 2 aromatic carbocycles. The van der Waals surface area contributed by atoms with Crippen molar-refractivity contribution < 1.29 is 0 Å². The molecule has 2 aromatic rings. The minimum Gasteiger partial charge on any atom is -0.0958 e. The Morgan fingerprint density at radius 2 is 1.70 bits per heavy atom. The zero-order chi connectivity index (χ0) is 14.3. The number of benzene rings is 2. The van der Waals surface area contributed by atoms with Gasteiger partial charge in [0.15, 0.2) is 0 Å². The predicted molar refractivity (Wildman–Crippen MR) is 88.0 cm³/mol. The topological polar surface area (TPSA) is 0 Å². The molecule has 1 aliphatic rings. The van der Waals surface area contributed by atoms with Crippen molar-refractivity contribution in [2.75, 3.05) is 0 Å². The summed E-state index contributed by atoms with van der Waals surface area (Å²) in [6.07, 6.45) is 0.998. The van der Waals surface area contributed by atoms with E-state index in [1.807, 2.05) is 12.1 Å². The van der Waals surface area contributed by atoms with Crippen LogP contribution in [0, 0.1) is 0 Å². The molecule has 100 valence electrons. The highest BCUT2D eigenvalue weighted by atomic mass is 35.5. The van der Waals surface area contributed by atoms with Gasteiger partial charge in [0.2, 0.25) is 0 Å². The van der Waals surface area contributed by atoms with E-state index >= 15 is 0 Å². The van der Waals surface area contributed by atoms with Crippen LogP contribution in [-0.4, -0.2) is 0 Å². The molecule has 1 aliphatic carbocycles. The molecule has 0 aliphatic heterocycles. The molecule has 0 bridgehead atoms. The third-order valence-corrected chi connectivity index (χ3v) is 4.27. The van der Waals surface area contributed by atoms with Crippen LogP contribution in [0.1, 0.15) is 25.0 Å². The van der Waals surface area contributed by atoms with Gasteiger partial charge in [-0.05, 0) is 65.8 Å². The van der Waals surface area contributed by atoms with Crippen molar-refractivity contribution in [1.29, 1.82) is 0 Å². The van der Waals surface area contributed by atoms with Crippen LogP contribution >= 0.6 is 11.6 Å². The summed E-state index contributed by atoms with van der Waals surface area (Å²) in [7, 11) is 0. The fraction of sp³-hybridized carbons (Fsp3) is 0.158. The molecule has 20 heavy (non-hydrogen) atoms. The van der Waals surface area contributed by atoms with E-state index in [-0.39, 0.29) is 0 Å². The van der Waals surface area contributed by atoms with Gasteiger partial charge < -0.3 is 0 Å². The Morgan fingerprint density at radius 3 is 2.35 bits per heavy atom. The lowest BCUT2D eigenvalue weighted by atomic mass is 9.99. The number of allylic oxidation sites excluding steroid dienone is 3.